The van der Waals surface area contributed by atoms with Crippen molar-refractivity contribution >= 4 is 29.4 Å². The molecule has 0 unspecified atom stereocenters. The van der Waals surface area contributed by atoms with E-state index in [2.05, 4.69) is 41.5 Å². The fourth-order valence-electron chi connectivity index (χ4n) is 2.60. The van der Waals surface area contributed by atoms with Gasteiger partial charge in [-0.3, -0.25) is 9.20 Å². The maximum absolute atomic E-state index is 12.5. The molecule has 0 aliphatic carbocycles. The molecular weight excluding hydrogens is 336 g/mol. The van der Waals surface area contributed by atoms with Gasteiger partial charge < -0.3 is 0 Å². The number of hydrogen-bond acceptors (Lipinski definition) is 3. The lowest BCUT2D eigenvalue weighted by Gasteiger charge is -2.04. The fraction of sp³-hybridized carbons (Fsp3) is 0.211. The Kier molecular flexibility index (Phi) is 4.86. The second kappa shape index (κ2) is 7.07. The van der Waals surface area contributed by atoms with Gasteiger partial charge in [0.25, 0.3) is 5.91 Å². The highest BCUT2D eigenvalue weighted by Crippen LogP contribution is 2.16. The number of aromatic nitrogens is 2. The van der Waals surface area contributed by atoms with Gasteiger partial charge in [0.2, 0.25) is 0 Å². The van der Waals surface area contributed by atoms with Crippen LogP contribution in [0.3, 0.4) is 0 Å². The van der Waals surface area contributed by atoms with E-state index >= 15 is 0 Å². The number of fused-ring (bicyclic) bond motifs is 1. The first-order chi connectivity index (χ1) is 12.0. The monoisotopic (exact) mass is 354 g/mol. The number of pyridine rings is 1. The predicted molar refractivity (Wildman–Crippen MR) is 101 cm³/mol. The first-order valence-corrected chi connectivity index (χ1v) is 8.41. The fourth-order valence-corrected chi connectivity index (χ4v) is 2.76. The highest BCUT2D eigenvalue weighted by atomic mass is 35.5. The third-order valence-corrected chi connectivity index (χ3v) is 4.18. The van der Waals surface area contributed by atoms with Gasteiger partial charge >= 0.3 is 0 Å². The third-order valence-electron chi connectivity index (χ3n) is 3.95. The molecule has 2 heterocycles. The van der Waals surface area contributed by atoms with Crippen molar-refractivity contribution in [2.45, 2.75) is 26.7 Å². The number of carbonyl (C=O) groups is 1. The molecule has 128 valence electrons. The summed E-state index contributed by atoms with van der Waals surface area (Å²) in [5.74, 6) is 0.151. The zero-order valence-corrected chi connectivity index (χ0v) is 15.1. The number of carbonyl (C=O) groups excluding carboxylic acids is 1. The minimum absolute atomic E-state index is 0.331. The Morgan fingerprint density at radius 1 is 1.24 bits per heavy atom. The van der Waals surface area contributed by atoms with E-state index in [1.54, 1.807) is 35.9 Å². The Balaban J connectivity index is 1.76. The first kappa shape index (κ1) is 17.2. The van der Waals surface area contributed by atoms with Crippen molar-refractivity contribution in [2.24, 2.45) is 5.10 Å². The van der Waals surface area contributed by atoms with Crippen molar-refractivity contribution < 1.29 is 4.79 Å². The quantitative estimate of drug-likeness (QED) is 0.564. The SMILES string of the molecule is Cc1nc2ccc(Cl)cn2c1C(=O)N/N=C\c1ccc(C(C)C)cc1. The largest absolute Gasteiger partial charge is 0.294 e. The van der Waals surface area contributed by atoms with Gasteiger partial charge in [0.15, 0.2) is 0 Å². The van der Waals surface area contributed by atoms with E-state index in [0.29, 0.717) is 28.0 Å². The molecule has 6 heteroatoms. The topological polar surface area (TPSA) is 58.8 Å². The molecule has 0 saturated heterocycles. The van der Waals surface area contributed by atoms with Crippen molar-refractivity contribution in [3.8, 4) is 0 Å². The number of nitrogens with one attached hydrogen (secondary N) is 1. The van der Waals surface area contributed by atoms with Gasteiger partial charge in [0.1, 0.15) is 11.3 Å². The van der Waals surface area contributed by atoms with E-state index in [1.165, 1.54) is 5.56 Å². The molecule has 0 bridgehead atoms. The van der Waals surface area contributed by atoms with Gasteiger partial charge in [-0.15, -0.1) is 0 Å². The third kappa shape index (κ3) is 3.72. The Labute approximate surface area is 151 Å². The summed E-state index contributed by atoms with van der Waals surface area (Å²) in [5, 5.41) is 4.58. The highest BCUT2D eigenvalue weighted by molar-refractivity contribution is 6.30. The van der Waals surface area contributed by atoms with Crippen molar-refractivity contribution in [1.29, 1.82) is 0 Å². The maximum atomic E-state index is 12.5. The lowest BCUT2D eigenvalue weighted by molar-refractivity contribution is 0.0948. The molecule has 1 aromatic carbocycles. The molecule has 1 N–H and O–H groups in total. The number of imidazole rings is 1. The van der Waals surface area contributed by atoms with Crippen LogP contribution in [0, 0.1) is 6.92 Å². The number of rotatable bonds is 4. The molecule has 3 aromatic rings. The molecular formula is C19H19ClN4O. The van der Waals surface area contributed by atoms with E-state index in [0.717, 1.165) is 5.56 Å². The smallest absolute Gasteiger partial charge is 0.290 e. The highest BCUT2D eigenvalue weighted by Gasteiger charge is 2.16. The van der Waals surface area contributed by atoms with Crippen LogP contribution in [0.1, 0.15) is 47.1 Å². The molecule has 25 heavy (non-hydrogen) atoms. The minimum atomic E-state index is -0.331. The van der Waals surface area contributed by atoms with Crippen LogP contribution in [-0.2, 0) is 0 Å². The molecule has 0 radical (unpaired) electrons. The molecule has 0 spiro atoms. The number of aryl methyl sites for hydroxylation is 1. The van der Waals surface area contributed by atoms with Crippen LogP contribution < -0.4 is 5.43 Å². The standard InChI is InChI=1S/C19H19ClN4O/c1-12(2)15-6-4-14(5-7-15)10-21-23-19(25)18-13(3)22-17-9-8-16(20)11-24(17)18/h4-12H,1-3H3,(H,23,25)/b21-10-. The average molecular weight is 355 g/mol. The van der Waals surface area contributed by atoms with Crippen LogP contribution in [0.15, 0.2) is 47.7 Å². The van der Waals surface area contributed by atoms with Crippen LogP contribution in [0.4, 0.5) is 0 Å². The van der Waals surface area contributed by atoms with Gasteiger partial charge in [-0.2, -0.15) is 5.10 Å². The maximum Gasteiger partial charge on any atom is 0.290 e. The summed E-state index contributed by atoms with van der Waals surface area (Å²) in [6.45, 7) is 6.08. The van der Waals surface area contributed by atoms with Crippen molar-refractivity contribution in [3.05, 3.63) is 70.1 Å². The Bertz CT molecular complexity index is 942. The number of benzene rings is 1. The average Bonchev–Trinajstić information content (AvgIpc) is 2.90. The number of nitrogens with zero attached hydrogens (tertiary/aromatic N) is 3. The van der Waals surface area contributed by atoms with Gasteiger partial charge in [0.05, 0.1) is 16.9 Å². The van der Waals surface area contributed by atoms with Gasteiger partial charge in [-0.05, 0) is 36.1 Å². The lowest BCUT2D eigenvalue weighted by Crippen LogP contribution is -2.20. The number of hydrogen-bond donors (Lipinski definition) is 1. The van der Waals surface area contributed by atoms with Crippen molar-refractivity contribution in [3.63, 3.8) is 0 Å². The molecule has 2 aromatic heterocycles. The van der Waals surface area contributed by atoms with Crippen molar-refractivity contribution in [2.75, 3.05) is 0 Å². The molecule has 5 nitrogen and oxygen atoms in total. The Hall–Kier alpha value is -2.66. The van der Waals surface area contributed by atoms with Gasteiger partial charge in [-0.25, -0.2) is 10.4 Å². The zero-order chi connectivity index (χ0) is 18.0. The molecule has 0 saturated carbocycles. The summed E-state index contributed by atoms with van der Waals surface area (Å²) in [5.41, 5.74) is 6.44. The van der Waals surface area contributed by atoms with Crippen LogP contribution >= 0.6 is 11.6 Å². The first-order valence-electron chi connectivity index (χ1n) is 8.03. The van der Waals surface area contributed by atoms with Crippen molar-refractivity contribution in [1.82, 2.24) is 14.8 Å². The lowest BCUT2D eigenvalue weighted by atomic mass is 10.0. The molecule has 1 amide bonds. The second-order valence-electron chi connectivity index (χ2n) is 6.14. The van der Waals surface area contributed by atoms with Crippen LogP contribution in [0.25, 0.3) is 5.65 Å². The van der Waals surface area contributed by atoms with Crippen LogP contribution in [0.5, 0.6) is 0 Å². The van der Waals surface area contributed by atoms with E-state index in [9.17, 15) is 4.79 Å². The zero-order valence-electron chi connectivity index (χ0n) is 14.3. The Morgan fingerprint density at radius 2 is 1.96 bits per heavy atom. The van der Waals surface area contributed by atoms with E-state index in [4.69, 9.17) is 11.6 Å². The van der Waals surface area contributed by atoms with E-state index in [1.807, 2.05) is 12.1 Å². The summed E-state index contributed by atoms with van der Waals surface area (Å²) >= 11 is 6.01. The summed E-state index contributed by atoms with van der Waals surface area (Å²) in [4.78, 5) is 16.8. The Morgan fingerprint density at radius 3 is 2.64 bits per heavy atom. The van der Waals surface area contributed by atoms with Gasteiger partial charge in [0, 0.05) is 6.20 Å². The molecule has 0 atom stereocenters. The summed E-state index contributed by atoms with van der Waals surface area (Å²) in [7, 11) is 0. The summed E-state index contributed by atoms with van der Waals surface area (Å²) in [6, 6.07) is 11.6. The summed E-state index contributed by atoms with van der Waals surface area (Å²) in [6.07, 6.45) is 3.29. The molecule has 0 fully saturated rings. The normalized spacial score (nSPS) is 11.6. The van der Waals surface area contributed by atoms with E-state index < -0.39 is 0 Å². The molecule has 0 aliphatic heterocycles. The molecule has 3 rings (SSSR count). The number of amides is 1. The van der Waals surface area contributed by atoms with E-state index in [-0.39, 0.29) is 5.91 Å². The number of halogens is 1. The second-order valence-corrected chi connectivity index (χ2v) is 6.58. The number of hydrazone groups is 1. The summed E-state index contributed by atoms with van der Waals surface area (Å²) < 4.78 is 1.67. The van der Waals surface area contributed by atoms with Crippen LogP contribution in [0.2, 0.25) is 5.02 Å². The minimum Gasteiger partial charge on any atom is -0.294 e. The van der Waals surface area contributed by atoms with Crippen LogP contribution in [-0.4, -0.2) is 21.5 Å². The predicted octanol–water partition coefficient (Wildman–Crippen LogP) is 4.18. The molecule has 0 aliphatic rings. The van der Waals surface area contributed by atoms with Gasteiger partial charge in [-0.1, -0.05) is 49.7 Å².